The molecule has 5 rings (SSSR count). The predicted octanol–water partition coefficient (Wildman–Crippen LogP) is 2.03. The number of nitrogens with zero attached hydrogens (tertiary/aromatic N) is 4. The number of hydrogen-bond acceptors (Lipinski definition) is 8. The molecule has 7 nitrogen and oxygen atoms in total. The van der Waals surface area contributed by atoms with Crippen molar-refractivity contribution in [3.05, 3.63) is 29.6 Å². The monoisotopic (exact) mass is 434 g/mol. The smallest absolute Gasteiger partial charge is 0.261 e. The lowest BCUT2D eigenvalue weighted by atomic mass is 9.80. The van der Waals surface area contributed by atoms with Crippen LogP contribution in [0.2, 0.25) is 0 Å². The van der Waals surface area contributed by atoms with Crippen molar-refractivity contribution in [3.63, 3.8) is 0 Å². The maximum atomic E-state index is 13.7. The molecule has 1 unspecified atom stereocenters. The number of aromatic nitrogens is 1. The lowest BCUT2D eigenvalue weighted by molar-refractivity contribution is -0.163. The standard InChI is InChI=1S/C18H18N4O3S3/c1-16(9-19)8-18-14(25)21(3)17(2,27-15(26)28-18)13(24)22(18)12(16)10-4-5-11(7-23)20-6-10/h4-6,12,23H,7-8H2,1-3H3/t12?,16-,17+,18+/m1/s1. The van der Waals surface area contributed by atoms with Gasteiger partial charge in [-0.05, 0) is 25.5 Å². The minimum Gasteiger partial charge on any atom is -0.390 e. The van der Waals surface area contributed by atoms with E-state index >= 15 is 0 Å². The molecule has 0 radical (unpaired) electrons. The molecule has 0 aromatic carbocycles. The topological polar surface area (TPSA) is 97.5 Å². The number of fused-ring (bicyclic) bond motifs is 3. The lowest BCUT2D eigenvalue weighted by Crippen LogP contribution is -2.69. The Morgan fingerprint density at radius 1 is 1.36 bits per heavy atom. The van der Waals surface area contributed by atoms with Gasteiger partial charge in [0.25, 0.3) is 11.8 Å². The maximum absolute atomic E-state index is 13.7. The Bertz CT molecular complexity index is 948. The van der Waals surface area contributed by atoms with Gasteiger partial charge in [-0.15, -0.1) is 0 Å². The number of nitriles is 1. The second kappa shape index (κ2) is 6.16. The van der Waals surface area contributed by atoms with Gasteiger partial charge in [0.1, 0.15) is 3.53 Å². The van der Waals surface area contributed by atoms with Gasteiger partial charge in [-0.1, -0.05) is 41.8 Å². The van der Waals surface area contributed by atoms with Crippen molar-refractivity contribution in [3.8, 4) is 6.07 Å². The zero-order chi connectivity index (χ0) is 20.5. The summed E-state index contributed by atoms with van der Waals surface area (Å²) in [6.07, 6.45) is 1.75. The molecule has 1 spiro atoms. The van der Waals surface area contributed by atoms with Crippen molar-refractivity contribution >= 4 is 51.1 Å². The van der Waals surface area contributed by atoms with Crippen molar-refractivity contribution in [1.82, 2.24) is 14.8 Å². The number of carbonyl (C=O) groups is 2. The average Bonchev–Trinajstić information content (AvgIpc) is 2.87. The number of thiocarbonyl (C=S) groups is 1. The summed E-state index contributed by atoms with van der Waals surface area (Å²) in [7, 11) is 1.62. The molecule has 4 atom stereocenters. The molecular formula is C18H18N4O3S3. The molecule has 1 aromatic rings. The van der Waals surface area contributed by atoms with Crippen LogP contribution in [-0.4, -0.2) is 52.0 Å². The fourth-order valence-electron chi connectivity index (χ4n) is 4.33. The second-order valence-electron chi connectivity index (χ2n) is 7.61. The largest absolute Gasteiger partial charge is 0.390 e. The molecule has 4 aliphatic heterocycles. The maximum Gasteiger partial charge on any atom is 0.261 e. The SMILES string of the molecule is CN1C(=O)[C@@]23C[C@](C)(C#N)C(c4ccc(CO)nc4)N2C(=O)[C@]1(C)SC(=S)S3. The number of amides is 2. The van der Waals surface area contributed by atoms with E-state index < -0.39 is 21.2 Å². The summed E-state index contributed by atoms with van der Waals surface area (Å²) < 4.78 is 0.519. The Balaban J connectivity index is 1.95. The molecule has 0 aliphatic carbocycles. The van der Waals surface area contributed by atoms with Gasteiger partial charge in [0.05, 0.1) is 29.8 Å². The van der Waals surface area contributed by atoms with Crippen molar-refractivity contribution in [2.75, 3.05) is 7.05 Å². The number of rotatable bonds is 2. The van der Waals surface area contributed by atoms with Crippen molar-refractivity contribution < 1.29 is 14.7 Å². The van der Waals surface area contributed by atoms with Gasteiger partial charge in [0, 0.05) is 19.7 Å². The molecule has 1 N–H and O–H groups in total. The Labute approximate surface area is 176 Å². The molecule has 10 heteroatoms. The molecule has 2 amide bonds. The van der Waals surface area contributed by atoms with Gasteiger partial charge in [-0.25, -0.2) is 0 Å². The summed E-state index contributed by atoms with van der Waals surface area (Å²) in [6.45, 7) is 3.27. The molecule has 2 bridgehead atoms. The zero-order valence-corrected chi connectivity index (χ0v) is 18.0. The second-order valence-corrected chi connectivity index (χ2v) is 11.5. The van der Waals surface area contributed by atoms with E-state index in [0.29, 0.717) is 14.8 Å². The van der Waals surface area contributed by atoms with Crippen LogP contribution in [0.1, 0.15) is 37.6 Å². The molecule has 5 heterocycles. The number of aliphatic hydroxyl groups excluding tert-OH is 1. The minimum absolute atomic E-state index is 0.180. The number of pyridine rings is 1. The summed E-state index contributed by atoms with van der Waals surface area (Å²) in [5.74, 6) is -0.446. The van der Waals surface area contributed by atoms with E-state index in [4.69, 9.17) is 12.2 Å². The van der Waals surface area contributed by atoms with Gasteiger partial charge in [-0.2, -0.15) is 5.26 Å². The number of piperazine rings is 1. The molecule has 4 saturated heterocycles. The Hall–Kier alpha value is -1.67. The van der Waals surface area contributed by atoms with Gasteiger partial charge < -0.3 is 14.9 Å². The predicted molar refractivity (Wildman–Crippen MR) is 110 cm³/mol. The normalized spacial score (nSPS) is 37.1. The average molecular weight is 435 g/mol. The molecule has 146 valence electrons. The Morgan fingerprint density at radius 3 is 2.64 bits per heavy atom. The molecule has 4 fully saturated rings. The van der Waals surface area contributed by atoms with Gasteiger partial charge in [0.2, 0.25) is 0 Å². The fourth-order valence-corrected chi connectivity index (χ4v) is 8.18. The highest BCUT2D eigenvalue weighted by atomic mass is 32.2. The van der Waals surface area contributed by atoms with E-state index in [2.05, 4.69) is 11.1 Å². The van der Waals surface area contributed by atoms with Crippen LogP contribution in [0.3, 0.4) is 0 Å². The quantitative estimate of drug-likeness (QED) is 0.706. The fraction of sp³-hybridized carbons (Fsp3) is 0.500. The summed E-state index contributed by atoms with van der Waals surface area (Å²) >= 11 is 7.89. The molecule has 0 saturated carbocycles. The van der Waals surface area contributed by atoms with Gasteiger partial charge in [-0.3, -0.25) is 14.6 Å². The number of aliphatic hydroxyl groups is 1. The third kappa shape index (κ3) is 2.33. The van der Waals surface area contributed by atoms with E-state index in [1.165, 1.54) is 28.4 Å². The van der Waals surface area contributed by atoms with Crippen LogP contribution >= 0.6 is 35.7 Å². The van der Waals surface area contributed by atoms with Crippen LogP contribution in [0.4, 0.5) is 0 Å². The first-order valence-electron chi connectivity index (χ1n) is 8.64. The third-order valence-electron chi connectivity index (χ3n) is 5.87. The van der Waals surface area contributed by atoms with E-state index in [1.807, 2.05) is 0 Å². The summed E-state index contributed by atoms with van der Waals surface area (Å²) in [5.41, 5.74) is 0.159. The first kappa shape index (κ1) is 19.6. The number of carbonyl (C=O) groups excluding carboxylic acids is 2. The third-order valence-corrected chi connectivity index (χ3v) is 8.90. The number of likely N-dealkylation sites (N-methyl/N-ethyl adjacent to an activating group) is 1. The van der Waals surface area contributed by atoms with Crippen LogP contribution in [0.15, 0.2) is 18.3 Å². The van der Waals surface area contributed by atoms with Crippen LogP contribution in [-0.2, 0) is 16.2 Å². The van der Waals surface area contributed by atoms with Crippen molar-refractivity contribution in [2.45, 2.75) is 42.7 Å². The van der Waals surface area contributed by atoms with E-state index in [-0.39, 0.29) is 24.8 Å². The lowest BCUT2D eigenvalue weighted by Gasteiger charge is -2.49. The molecule has 1 aromatic heterocycles. The number of hydrogen-bond donors (Lipinski definition) is 1. The first-order valence-corrected chi connectivity index (χ1v) is 10.7. The van der Waals surface area contributed by atoms with Crippen molar-refractivity contribution in [1.29, 1.82) is 5.26 Å². The molecule has 28 heavy (non-hydrogen) atoms. The van der Waals surface area contributed by atoms with Crippen LogP contribution in [0.5, 0.6) is 0 Å². The minimum atomic E-state index is -1.24. The molecular weight excluding hydrogens is 416 g/mol. The zero-order valence-electron chi connectivity index (χ0n) is 15.5. The first-order chi connectivity index (χ1) is 13.1. The van der Waals surface area contributed by atoms with E-state index in [1.54, 1.807) is 44.1 Å². The number of thioether (sulfide) groups is 2. The van der Waals surface area contributed by atoms with Crippen LogP contribution in [0.25, 0.3) is 0 Å². The van der Waals surface area contributed by atoms with E-state index in [9.17, 15) is 20.0 Å². The van der Waals surface area contributed by atoms with Crippen LogP contribution in [0, 0.1) is 16.7 Å². The summed E-state index contributed by atoms with van der Waals surface area (Å²) in [5, 5.41) is 19.3. The van der Waals surface area contributed by atoms with Gasteiger partial charge >= 0.3 is 0 Å². The summed E-state index contributed by atoms with van der Waals surface area (Å²) in [6, 6.07) is 5.14. The highest BCUT2D eigenvalue weighted by molar-refractivity contribution is 8.48. The van der Waals surface area contributed by atoms with E-state index in [0.717, 1.165) is 0 Å². The highest BCUT2D eigenvalue weighted by Gasteiger charge is 2.73. The summed E-state index contributed by atoms with van der Waals surface area (Å²) in [4.78, 5) is 32.0. The highest BCUT2D eigenvalue weighted by Crippen LogP contribution is 2.65. The Kier molecular flexibility index (Phi) is 4.32. The van der Waals surface area contributed by atoms with Gasteiger partial charge in [0.15, 0.2) is 9.74 Å². The van der Waals surface area contributed by atoms with Crippen molar-refractivity contribution in [2.24, 2.45) is 5.41 Å². The Morgan fingerprint density at radius 2 is 2.07 bits per heavy atom. The molecule has 4 aliphatic rings. The van der Waals surface area contributed by atoms with Crippen LogP contribution < -0.4 is 0 Å².